The molecule has 0 saturated carbocycles. The lowest BCUT2D eigenvalue weighted by molar-refractivity contribution is -0.155. The van der Waals surface area contributed by atoms with Crippen molar-refractivity contribution in [3.05, 3.63) is 0 Å². The summed E-state index contributed by atoms with van der Waals surface area (Å²) in [5.74, 6) is -1.37. The van der Waals surface area contributed by atoms with Crippen LogP contribution in [-0.2, 0) is 9.59 Å². The van der Waals surface area contributed by atoms with Crippen LogP contribution in [0.25, 0.3) is 0 Å². The SMILES string of the molecule is CCCCCCC(C)(C(=O)O)C(=O)NCCCC. The molecule has 106 valence electrons. The minimum atomic E-state index is -1.28. The molecule has 1 amide bonds. The van der Waals surface area contributed by atoms with Crippen molar-refractivity contribution in [1.29, 1.82) is 0 Å². The van der Waals surface area contributed by atoms with E-state index in [1.807, 2.05) is 6.92 Å². The predicted octanol–water partition coefficient (Wildman–Crippen LogP) is 2.96. The Balaban J connectivity index is 4.31. The molecule has 0 bridgehead atoms. The van der Waals surface area contributed by atoms with Crippen molar-refractivity contribution >= 4 is 11.9 Å². The Morgan fingerprint density at radius 3 is 2.17 bits per heavy atom. The molecule has 0 aromatic heterocycles. The number of rotatable bonds is 10. The van der Waals surface area contributed by atoms with Gasteiger partial charge in [0.1, 0.15) is 5.41 Å². The van der Waals surface area contributed by atoms with E-state index < -0.39 is 11.4 Å². The van der Waals surface area contributed by atoms with Gasteiger partial charge in [-0.2, -0.15) is 0 Å². The molecule has 0 aliphatic heterocycles. The summed E-state index contributed by atoms with van der Waals surface area (Å²) < 4.78 is 0. The first-order valence-corrected chi connectivity index (χ1v) is 7.00. The van der Waals surface area contributed by atoms with E-state index >= 15 is 0 Å². The molecule has 0 heterocycles. The van der Waals surface area contributed by atoms with Gasteiger partial charge in [0.25, 0.3) is 0 Å². The number of nitrogens with one attached hydrogen (secondary N) is 1. The quantitative estimate of drug-likeness (QED) is 0.467. The van der Waals surface area contributed by atoms with Crippen molar-refractivity contribution in [2.45, 2.75) is 65.7 Å². The Morgan fingerprint density at radius 1 is 1.06 bits per heavy atom. The molecule has 0 fully saturated rings. The van der Waals surface area contributed by atoms with Crippen LogP contribution in [0.5, 0.6) is 0 Å². The maximum absolute atomic E-state index is 12.0. The monoisotopic (exact) mass is 257 g/mol. The first-order chi connectivity index (χ1) is 8.49. The Labute approximate surface area is 110 Å². The highest BCUT2D eigenvalue weighted by Gasteiger charge is 2.40. The van der Waals surface area contributed by atoms with Crippen LogP contribution in [0.15, 0.2) is 0 Å². The molecule has 0 saturated heterocycles. The molecular formula is C14H27NO3. The van der Waals surface area contributed by atoms with Crippen LogP contribution in [0.3, 0.4) is 0 Å². The largest absolute Gasteiger partial charge is 0.480 e. The maximum atomic E-state index is 12.0. The lowest BCUT2D eigenvalue weighted by atomic mass is 9.83. The van der Waals surface area contributed by atoms with Crippen LogP contribution >= 0.6 is 0 Å². The van der Waals surface area contributed by atoms with Gasteiger partial charge in [-0.05, 0) is 19.8 Å². The van der Waals surface area contributed by atoms with Gasteiger partial charge in [0.15, 0.2) is 0 Å². The molecule has 0 aromatic rings. The zero-order valence-electron chi connectivity index (χ0n) is 11.9. The van der Waals surface area contributed by atoms with Crippen molar-refractivity contribution in [2.24, 2.45) is 5.41 Å². The van der Waals surface area contributed by atoms with E-state index in [1.54, 1.807) is 0 Å². The number of hydrogen-bond acceptors (Lipinski definition) is 2. The van der Waals surface area contributed by atoms with E-state index in [2.05, 4.69) is 12.2 Å². The van der Waals surface area contributed by atoms with Crippen LogP contribution in [0.1, 0.15) is 65.7 Å². The molecule has 0 aliphatic rings. The maximum Gasteiger partial charge on any atom is 0.318 e. The van der Waals surface area contributed by atoms with Crippen molar-refractivity contribution in [1.82, 2.24) is 5.32 Å². The van der Waals surface area contributed by atoms with E-state index in [1.165, 1.54) is 6.92 Å². The molecule has 0 radical (unpaired) electrons. The summed E-state index contributed by atoms with van der Waals surface area (Å²) in [7, 11) is 0. The Hall–Kier alpha value is -1.06. The Kier molecular flexibility index (Phi) is 8.42. The lowest BCUT2D eigenvalue weighted by Gasteiger charge is -2.23. The van der Waals surface area contributed by atoms with Gasteiger partial charge < -0.3 is 10.4 Å². The number of carbonyl (C=O) groups is 2. The zero-order chi connectivity index (χ0) is 14.0. The predicted molar refractivity (Wildman–Crippen MR) is 72.4 cm³/mol. The fourth-order valence-corrected chi connectivity index (χ4v) is 1.80. The van der Waals surface area contributed by atoms with Crippen LogP contribution in [0.2, 0.25) is 0 Å². The van der Waals surface area contributed by atoms with Crippen LogP contribution in [-0.4, -0.2) is 23.5 Å². The third-order valence-electron chi connectivity index (χ3n) is 3.32. The van der Waals surface area contributed by atoms with Crippen molar-refractivity contribution < 1.29 is 14.7 Å². The number of amides is 1. The smallest absolute Gasteiger partial charge is 0.318 e. The van der Waals surface area contributed by atoms with Gasteiger partial charge in [-0.15, -0.1) is 0 Å². The van der Waals surface area contributed by atoms with Gasteiger partial charge in [0.2, 0.25) is 5.91 Å². The summed E-state index contributed by atoms with van der Waals surface area (Å²) in [5.41, 5.74) is -1.28. The molecule has 0 aromatic carbocycles. The first kappa shape index (κ1) is 16.9. The van der Waals surface area contributed by atoms with E-state index in [4.69, 9.17) is 0 Å². The number of aliphatic carboxylic acids is 1. The van der Waals surface area contributed by atoms with Crippen LogP contribution in [0.4, 0.5) is 0 Å². The molecule has 0 spiro atoms. The molecule has 2 N–H and O–H groups in total. The van der Waals surface area contributed by atoms with Crippen molar-refractivity contribution in [3.63, 3.8) is 0 Å². The molecule has 4 nitrogen and oxygen atoms in total. The summed E-state index contributed by atoms with van der Waals surface area (Å²) >= 11 is 0. The van der Waals surface area contributed by atoms with Crippen molar-refractivity contribution in [2.75, 3.05) is 6.54 Å². The number of unbranched alkanes of at least 4 members (excludes halogenated alkanes) is 4. The van der Waals surface area contributed by atoms with E-state index in [-0.39, 0.29) is 5.91 Å². The normalized spacial score (nSPS) is 13.9. The molecule has 0 aliphatic carbocycles. The number of hydrogen-bond donors (Lipinski definition) is 2. The summed E-state index contributed by atoms with van der Waals surface area (Å²) in [6, 6.07) is 0. The number of carbonyl (C=O) groups excluding carboxylic acids is 1. The number of carboxylic acid groups (broad SMARTS) is 1. The summed E-state index contributed by atoms with van der Waals surface area (Å²) in [4.78, 5) is 23.3. The second-order valence-corrected chi connectivity index (χ2v) is 5.06. The minimum Gasteiger partial charge on any atom is -0.480 e. The average Bonchev–Trinajstić information content (AvgIpc) is 2.34. The standard InChI is InChI=1S/C14H27NO3/c1-4-6-8-9-10-14(3,13(17)18)12(16)15-11-7-5-2/h4-11H2,1-3H3,(H,15,16)(H,17,18). The van der Waals surface area contributed by atoms with Crippen LogP contribution in [0, 0.1) is 5.41 Å². The number of carboxylic acids is 1. The molecular weight excluding hydrogens is 230 g/mol. The molecule has 1 atom stereocenters. The second-order valence-electron chi connectivity index (χ2n) is 5.06. The zero-order valence-corrected chi connectivity index (χ0v) is 11.9. The van der Waals surface area contributed by atoms with E-state index in [0.29, 0.717) is 13.0 Å². The fourth-order valence-electron chi connectivity index (χ4n) is 1.80. The Morgan fingerprint density at radius 2 is 1.67 bits per heavy atom. The summed E-state index contributed by atoms with van der Waals surface area (Å²) in [5, 5.41) is 12.0. The van der Waals surface area contributed by atoms with Gasteiger partial charge in [0, 0.05) is 6.54 Å². The third kappa shape index (κ3) is 5.52. The Bertz CT molecular complexity index is 266. The molecule has 1 unspecified atom stereocenters. The second kappa shape index (κ2) is 8.95. The molecule has 4 heteroatoms. The highest BCUT2D eigenvalue weighted by molar-refractivity contribution is 6.01. The first-order valence-electron chi connectivity index (χ1n) is 7.00. The van der Waals surface area contributed by atoms with Crippen molar-refractivity contribution in [3.8, 4) is 0 Å². The fraction of sp³-hybridized carbons (Fsp3) is 0.857. The highest BCUT2D eigenvalue weighted by Crippen LogP contribution is 2.25. The lowest BCUT2D eigenvalue weighted by Crippen LogP contribution is -2.44. The van der Waals surface area contributed by atoms with Gasteiger partial charge in [-0.1, -0.05) is 46.0 Å². The van der Waals surface area contributed by atoms with Gasteiger partial charge in [-0.25, -0.2) is 0 Å². The summed E-state index contributed by atoms with van der Waals surface area (Å²) in [6.07, 6.45) is 6.26. The van der Waals surface area contributed by atoms with Gasteiger partial charge in [-0.3, -0.25) is 9.59 Å². The topological polar surface area (TPSA) is 66.4 Å². The molecule has 0 rings (SSSR count). The highest BCUT2D eigenvalue weighted by atomic mass is 16.4. The molecule has 18 heavy (non-hydrogen) atoms. The average molecular weight is 257 g/mol. The third-order valence-corrected chi connectivity index (χ3v) is 3.32. The minimum absolute atomic E-state index is 0.347. The van der Waals surface area contributed by atoms with Gasteiger partial charge >= 0.3 is 5.97 Å². The van der Waals surface area contributed by atoms with E-state index in [0.717, 1.165) is 38.5 Å². The van der Waals surface area contributed by atoms with Crippen LogP contribution < -0.4 is 5.32 Å². The van der Waals surface area contributed by atoms with Gasteiger partial charge in [0.05, 0.1) is 0 Å². The summed E-state index contributed by atoms with van der Waals surface area (Å²) in [6.45, 7) is 6.23. The van der Waals surface area contributed by atoms with E-state index in [9.17, 15) is 14.7 Å².